The number of ether oxygens (including phenoxy) is 2. The number of allylic oxidation sites excluding steroid dienone is 1. The molecule has 1 aliphatic rings. The van der Waals surface area contributed by atoms with Crippen molar-refractivity contribution >= 4 is 11.9 Å². The Labute approximate surface area is 123 Å². The fraction of sp³-hybridized carbons (Fsp3) is 0.167. The minimum absolute atomic E-state index is 0.0658. The Kier molecular flexibility index (Phi) is 3.26. The third kappa shape index (κ3) is 2.42. The summed E-state index contributed by atoms with van der Waals surface area (Å²) < 4.78 is 10.8. The molecule has 3 nitrogen and oxygen atoms in total. The van der Waals surface area contributed by atoms with E-state index in [4.69, 9.17) is 9.47 Å². The zero-order valence-electron chi connectivity index (χ0n) is 12.3. The summed E-state index contributed by atoms with van der Waals surface area (Å²) >= 11 is 0. The number of hydrogen-bond donors (Lipinski definition) is 0. The molecule has 0 amide bonds. The minimum atomic E-state index is -0.0658. The first-order valence-corrected chi connectivity index (χ1v) is 6.78. The van der Waals surface area contributed by atoms with Gasteiger partial charge >= 0.3 is 0 Å². The third-order valence-corrected chi connectivity index (χ3v) is 3.70. The molecular formula is C18H16O3. The van der Waals surface area contributed by atoms with Crippen LogP contribution in [0.1, 0.15) is 27.0 Å². The fourth-order valence-electron chi connectivity index (χ4n) is 2.30. The fourth-order valence-corrected chi connectivity index (χ4v) is 2.30. The van der Waals surface area contributed by atoms with Crippen molar-refractivity contribution in [2.75, 3.05) is 7.11 Å². The second kappa shape index (κ2) is 5.09. The predicted molar refractivity (Wildman–Crippen MR) is 81.8 cm³/mol. The van der Waals surface area contributed by atoms with Crippen molar-refractivity contribution < 1.29 is 14.3 Å². The maximum absolute atomic E-state index is 12.4. The Bertz CT molecular complexity index is 740. The number of carbonyl (C=O) groups excluding carboxylic acids is 1. The van der Waals surface area contributed by atoms with E-state index in [1.807, 2.05) is 50.2 Å². The molecule has 0 N–H and O–H groups in total. The summed E-state index contributed by atoms with van der Waals surface area (Å²) in [5, 5.41) is 0. The van der Waals surface area contributed by atoms with Gasteiger partial charge in [-0.2, -0.15) is 0 Å². The van der Waals surface area contributed by atoms with Crippen molar-refractivity contribution in [3.63, 3.8) is 0 Å². The first-order valence-electron chi connectivity index (χ1n) is 6.78. The zero-order valence-corrected chi connectivity index (χ0v) is 12.3. The number of hydrogen-bond acceptors (Lipinski definition) is 3. The maximum Gasteiger partial charge on any atom is 0.231 e. The molecule has 2 aromatic rings. The Hall–Kier alpha value is -2.55. The lowest BCUT2D eigenvalue weighted by Gasteiger charge is -2.02. The van der Waals surface area contributed by atoms with Crippen LogP contribution in [-0.2, 0) is 0 Å². The van der Waals surface area contributed by atoms with Gasteiger partial charge < -0.3 is 9.47 Å². The molecule has 0 radical (unpaired) electrons. The maximum atomic E-state index is 12.4. The molecule has 0 saturated heterocycles. The van der Waals surface area contributed by atoms with E-state index in [0.717, 1.165) is 22.4 Å². The topological polar surface area (TPSA) is 35.5 Å². The van der Waals surface area contributed by atoms with Gasteiger partial charge in [0.05, 0.1) is 12.7 Å². The van der Waals surface area contributed by atoms with E-state index in [9.17, 15) is 4.79 Å². The molecule has 0 aliphatic carbocycles. The molecule has 3 rings (SSSR count). The number of aryl methyl sites for hydroxylation is 2. The van der Waals surface area contributed by atoms with Gasteiger partial charge in [0.25, 0.3) is 0 Å². The van der Waals surface area contributed by atoms with Crippen LogP contribution < -0.4 is 9.47 Å². The number of rotatable bonds is 2. The summed E-state index contributed by atoms with van der Waals surface area (Å²) in [6.45, 7) is 4.00. The van der Waals surface area contributed by atoms with Gasteiger partial charge in [0.1, 0.15) is 11.5 Å². The number of fused-ring (bicyclic) bond motifs is 1. The van der Waals surface area contributed by atoms with Crippen LogP contribution in [0.15, 0.2) is 42.2 Å². The Morgan fingerprint density at radius 2 is 1.71 bits per heavy atom. The molecule has 21 heavy (non-hydrogen) atoms. The molecule has 0 saturated carbocycles. The van der Waals surface area contributed by atoms with Gasteiger partial charge in [0, 0.05) is 0 Å². The van der Waals surface area contributed by atoms with Crippen molar-refractivity contribution in [3.8, 4) is 11.5 Å². The van der Waals surface area contributed by atoms with Crippen molar-refractivity contribution in [1.29, 1.82) is 0 Å². The molecule has 3 heteroatoms. The van der Waals surface area contributed by atoms with Crippen LogP contribution in [0.5, 0.6) is 11.5 Å². The van der Waals surface area contributed by atoms with Crippen molar-refractivity contribution in [2.24, 2.45) is 0 Å². The summed E-state index contributed by atoms with van der Waals surface area (Å²) in [6.07, 6.45) is 1.76. The predicted octanol–water partition coefficient (Wildman–Crippen LogP) is 3.93. The summed E-state index contributed by atoms with van der Waals surface area (Å²) in [4.78, 5) is 12.4. The second-order valence-corrected chi connectivity index (χ2v) is 5.15. The van der Waals surface area contributed by atoms with E-state index < -0.39 is 0 Å². The molecule has 106 valence electrons. The average molecular weight is 280 g/mol. The van der Waals surface area contributed by atoms with Crippen LogP contribution in [-0.4, -0.2) is 12.9 Å². The SMILES string of the molecule is COc1ccc(/C=C2\Oc3cc(C)c(C)cc3C2=O)cc1. The first kappa shape index (κ1) is 13.4. The first-order chi connectivity index (χ1) is 10.1. The molecule has 0 atom stereocenters. The van der Waals surface area contributed by atoms with Crippen LogP contribution in [0.25, 0.3) is 6.08 Å². The molecule has 0 spiro atoms. The van der Waals surface area contributed by atoms with E-state index in [0.29, 0.717) is 17.1 Å². The summed E-state index contributed by atoms with van der Waals surface area (Å²) in [5.41, 5.74) is 3.75. The molecule has 0 unspecified atom stereocenters. The second-order valence-electron chi connectivity index (χ2n) is 5.15. The number of methoxy groups -OCH3 is 1. The lowest BCUT2D eigenvalue weighted by molar-refractivity contribution is 0.101. The van der Waals surface area contributed by atoms with Crippen LogP contribution >= 0.6 is 0 Å². The lowest BCUT2D eigenvalue weighted by Crippen LogP contribution is -1.98. The van der Waals surface area contributed by atoms with E-state index in [1.165, 1.54) is 0 Å². The molecule has 0 fully saturated rings. The summed E-state index contributed by atoms with van der Waals surface area (Å²) in [7, 11) is 1.62. The highest BCUT2D eigenvalue weighted by atomic mass is 16.5. The third-order valence-electron chi connectivity index (χ3n) is 3.70. The van der Waals surface area contributed by atoms with Crippen molar-refractivity contribution in [1.82, 2.24) is 0 Å². The van der Waals surface area contributed by atoms with E-state index in [-0.39, 0.29) is 5.78 Å². The number of carbonyl (C=O) groups is 1. The molecule has 0 bridgehead atoms. The monoisotopic (exact) mass is 280 g/mol. The molecular weight excluding hydrogens is 264 g/mol. The molecule has 2 aromatic carbocycles. The van der Waals surface area contributed by atoms with E-state index in [1.54, 1.807) is 13.2 Å². The highest BCUT2D eigenvalue weighted by Gasteiger charge is 2.27. The van der Waals surface area contributed by atoms with E-state index in [2.05, 4.69) is 0 Å². The standard InChI is InChI=1S/C18H16O3/c1-11-8-15-16(9-12(11)2)21-17(18(15)19)10-13-4-6-14(20-3)7-5-13/h4-10H,1-3H3/b17-10-. The van der Waals surface area contributed by atoms with E-state index >= 15 is 0 Å². The quantitative estimate of drug-likeness (QED) is 0.782. The number of Topliss-reactive ketones (excluding diaryl/α,β-unsaturated/α-hetero) is 1. The highest BCUT2D eigenvalue weighted by Crippen LogP contribution is 2.34. The van der Waals surface area contributed by atoms with Crippen LogP contribution in [0, 0.1) is 13.8 Å². The van der Waals surface area contributed by atoms with Gasteiger partial charge in [-0.3, -0.25) is 4.79 Å². The van der Waals surface area contributed by atoms with Gasteiger partial charge in [-0.05, 0) is 60.9 Å². The smallest absolute Gasteiger partial charge is 0.231 e. The zero-order chi connectivity index (χ0) is 15.0. The Balaban J connectivity index is 1.94. The lowest BCUT2D eigenvalue weighted by atomic mass is 10.0. The minimum Gasteiger partial charge on any atom is -0.497 e. The molecule has 0 aromatic heterocycles. The average Bonchev–Trinajstić information content (AvgIpc) is 2.77. The molecule has 1 aliphatic heterocycles. The van der Waals surface area contributed by atoms with Crippen LogP contribution in [0.2, 0.25) is 0 Å². The van der Waals surface area contributed by atoms with Gasteiger partial charge in [0.2, 0.25) is 5.78 Å². The highest BCUT2D eigenvalue weighted by molar-refractivity contribution is 6.14. The van der Waals surface area contributed by atoms with Gasteiger partial charge in [-0.15, -0.1) is 0 Å². The number of ketones is 1. The normalized spacial score (nSPS) is 15.0. The van der Waals surface area contributed by atoms with Crippen molar-refractivity contribution in [2.45, 2.75) is 13.8 Å². The largest absolute Gasteiger partial charge is 0.497 e. The van der Waals surface area contributed by atoms with Gasteiger partial charge in [-0.25, -0.2) is 0 Å². The van der Waals surface area contributed by atoms with Gasteiger partial charge in [0.15, 0.2) is 5.76 Å². The van der Waals surface area contributed by atoms with Crippen LogP contribution in [0.4, 0.5) is 0 Å². The number of benzene rings is 2. The molecule has 1 heterocycles. The summed E-state index contributed by atoms with van der Waals surface area (Å²) in [6, 6.07) is 11.3. The van der Waals surface area contributed by atoms with Crippen LogP contribution in [0.3, 0.4) is 0 Å². The van der Waals surface area contributed by atoms with Crippen molar-refractivity contribution in [3.05, 3.63) is 64.4 Å². The Morgan fingerprint density at radius 1 is 1.05 bits per heavy atom. The Morgan fingerprint density at radius 3 is 2.38 bits per heavy atom. The van der Waals surface area contributed by atoms with Gasteiger partial charge in [-0.1, -0.05) is 12.1 Å². The summed E-state index contributed by atoms with van der Waals surface area (Å²) in [5.74, 6) is 1.72.